The van der Waals surface area contributed by atoms with E-state index in [1.807, 2.05) is 12.1 Å². The molecule has 0 spiro atoms. The number of phenols is 1. The Morgan fingerprint density at radius 3 is 2.27 bits per heavy atom. The molecule has 0 heterocycles. The molecule has 0 radical (unpaired) electrons. The summed E-state index contributed by atoms with van der Waals surface area (Å²) in [6.07, 6.45) is 2.08. The highest BCUT2D eigenvalue weighted by Crippen LogP contribution is 2.26. The fourth-order valence-electron chi connectivity index (χ4n) is 0.881. The molecule has 0 amide bonds. The quantitative estimate of drug-likeness (QED) is 0.732. The van der Waals surface area contributed by atoms with E-state index in [-0.39, 0.29) is 0 Å². The van der Waals surface area contributed by atoms with Crippen LogP contribution in [-0.2, 0) is 0 Å². The Labute approximate surface area is 71.4 Å². The van der Waals surface area contributed by atoms with Crippen LogP contribution in [0.4, 0.5) is 0 Å². The van der Waals surface area contributed by atoms with Crippen LogP contribution in [0.15, 0.2) is 24.3 Å². The van der Waals surface area contributed by atoms with Crippen molar-refractivity contribution in [3.63, 3.8) is 0 Å². The Hall–Kier alpha value is -0.630. The number of hydrogen-bond donors (Lipinski definition) is 1. The molecule has 0 aliphatic heterocycles. The van der Waals surface area contributed by atoms with E-state index in [1.54, 1.807) is 23.9 Å². The van der Waals surface area contributed by atoms with Gasteiger partial charge < -0.3 is 5.11 Å². The van der Waals surface area contributed by atoms with Crippen molar-refractivity contribution in [1.82, 2.24) is 0 Å². The van der Waals surface area contributed by atoms with E-state index < -0.39 is 0 Å². The van der Waals surface area contributed by atoms with Gasteiger partial charge in [0.05, 0.1) is 0 Å². The van der Waals surface area contributed by atoms with Crippen LogP contribution in [0.1, 0.15) is 17.7 Å². The maximum Gasteiger partial charge on any atom is 0.115 e. The molecule has 0 aliphatic rings. The predicted molar refractivity (Wildman–Crippen MR) is 50.0 cm³/mol. The Kier molecular flexibility index (Phi) is 2.83. The Morgan fingerprint density at radius 1 is 1.27 bits per heavy atom. The van der Waals surface area contributed by atoms with Crippen LogP contribution in [0.25, 0.3) is 0 Å². The van der Waals surface area contributed by atoms with E-state index in [4.69, 9.17) is 5.11 Å². The summed E-state index contributed by atoms with van der Waals surface area (Å²) in [7, 11) is 0. The fourth-order valence-corrected chi connectivity index (χ4v) is 1.31. The van der Waals surface area contributed by atoms with Crippen LogP contribution in [0.5, 0.6) is 5.75 Å². The first-order valence-corrected chi connectivity index (χ1v) is 4.84. The summed E-state index contributed by atoms with van der Waals surface area (Å²) in [5.41, 5.74) is 1.26. The highest BCUT2D eigenvalue weighted by atomic mass is 32.2. The smallest absolute Gasteiger partial charge is 0.115 e. The molecular formula is C9H12OS. The van der Waals surface area contributed by atoms with Gasteiger partial charge in [0.25, 0.3) is 0 Å². The first kappa shape index (κ1) is 8.47. The van der Waals surface area contributed by atoms with Gasteiger partial charge in [0, 0.05) is 5.25 Å². The molecule has 1 unspecified atom stereocenters. The van der Waals surface area contributed by atoms with Crippen molar-refractivity contribution in [1.29, 1.82) is 0 Å². The van der Waals surface area contributed by atoms with Crippen molar-refractivity contribution in [2.75, 3.05) is 6.26 Å². The van der Waals surface area contributed by atoms with Crippen LogP contribution in [0.2, 0.25) is 0 Å². The van der Waals surface area contributed by atoms with Crippen LogP contribution in [0.3, 0.4) is 0 Å². The maximum absolute atomic E-state index is 9.00. The highest BCUT2D eigenvalue weighted by Gasteiger charge is 2.01. The average Bonchev–Trinajstić information content (AvgIpc) is 2.05. The molecule has 1 atom stereocenters. The van der Waals surface area contributed by atoms with Gasteiger partial charge in [-0.3, -0.25) is 0 Å². The van der Waals surface area contributed by atoms with Crippen molar-refractivity contribution < 1.29 is 5.11 Å². The Bertz CT molecular complexity index is 218. The summed E-state index contributed by atoms with van der Waals surface area (Å²) < 4.78 is 0. The summed E-state index contributed by atoms with van der Waals surface area (Å²) in [5.74, 6) is 0.335. The fraction of sp³-hybridized carbons (Fsp3) is 0.333. The second-order valence-corrected chi connectivity index (χ2v) is 3.65. The van der Waals surface area contributed by atoms with Crippen LogP contribution >= 0.6 is 11.8 Å². The SMILES string of the molecule is CSC(C)c1ccc(O)cc1. The van der Waals surface area contributed by atoms with Gasteiger partial charge in [-0.25, -0.2) is 0 Å². The zero-order valence-electron chi connectivity index (χ0n) is 6.74. The number of aromatic hydroxyl groups is 1. The molecule has 0 fully saturated rings. The van der Waals surface area contributed by atoms with Gasteiger partial charge >= 0.3 is 0 Å². The molecule has 1 aromatic rings. The molecule has 1 nitrogen and oxygen atoms in total. The Balaban J connectivity index is 2.81. The normalized spacial score (nSPS) is 12.9. The van der Waals surface area contributed by atoms with Crippen molar-refractivity contribution in [3.8, 4) is 5.75 Å². The summed E-state index contributed by atoms with van der Waals surface area (Å²) in [5, 5.41) is 9.51. The van der Waals surface area contributed by atoms with Crippen molar-refractivity contribution in [2.45, 2.75) is 12.2 Å². The van der Waals surface area contributed by atoms with Gasteiger partial charge in [-0.2, -0.15) is 11.8 Å². The van der Waals surface area contributed by atoms with Gasteiger partial charge in [0.1, 0.15) is 5.75 Å². The zero-order chi connectivity index (χ0) is 8.27. The number of phenolic OH excluding ortho intramolecular Hbond substituents is 1. The lowest BCUT2D eigenvalue weighted by molar-refractivity contribution is 0.475. The molecule has 2 heteroatoms. The second-order valence-electron chi connectivity index (χ2n) is 2.47. The molecule has 0 aromatic heterocycles. The lowest BCUT2D eigenvalue weighted by Gasteiger charge is -2.07. The summed E-state index contributed by atoms with van der Waals surface area (Å²) in [6.45, 7) is 2.15. The molecule has 0 bridgehead atoms. The predicted octanol–water partition coefficient (Wildman–Crippen LogP) is 2.82. The number of benzene rings is 1. The van der Waals surface area contributed by atoms with Gasteiger partial charge in [-0.15, -0.1) is 0 Å². The summed E-state index contributed by atoms with van der Waals surface area (Å²) in [4.78, 5) is 0. The summed E-state index contributed by atoms with van der Waals surface area (Å²) in [6, 6.07) is 7.36. The van der Waals surface area contributed by atoms with E-state index >= 15 is 0 Å². The second kappa shape index (κ2) is 3.67. The van der Waals surface area contributed by atoms with Gasteiger partial charge in [-0.05, 0) is 30.9 Å². The third-order valence-corrected chi connectivity index (χ3v) is 2.70. The molecule has 0 saturated heterocycles. The molecule has 1 aromatic carbocycles. The molecule has 1 N–H and O–H groups in total. The minimum Gasteiger partial charge on any atom is -0.508 e. The van der Waals surface area contributed by atoms with E-state index in [1.165, 1.54) is 5.56 Å². The van der Waals surface area contributed by atoms with E-state index in [9.17, 15) is 0 Å². The first-order chi connectivity index (χ1) is 5.24. The molecule has 0 saturated carbocycles. The third kappa shape index (κ3) is 2.15. The van der Waals surface area contributed by atoms with E-state index in [0.29, 0.717) is 11.0 Å². The highest BCUT2D eigenvalue weighted by molar-refractivity contribution is 7.98. The largest absolute Gasteiger partial charge is 0.508 e. The van der Waals surface area contributed by atoms with Crippen molar-refractivity contribution in [3.05, 3.63) is 29.8 Å². The topological polar surface area (TPSA) is 20.2 Å². The standard InChI is InChI=1S/C9H12OS/c1-7(11-2)8-3-5-9(10)6-4-8/h3-7,10H,1-2H3. The van der Waals surface area contributed by atoms with Crippen molar-refractivity contribution in [2.24, 2.45) is 0 Å². The molecule has 60 valence electrons. The van der Waals surface area contributed by atoms with Crippen LogP contribution in [-0.4, -0.2) is 11.4 Å². The molecular weight excluding hydrogens is 156 g/mol. The molecule has 1 rings (SSSR count). The van der Waals surface area contributed by atoms with Crippen LogP contribution in [0, 0.1) is 0 Å². The summed E-state index contributed by atoms with van der Waals surface area (Å²) >= 11 is 1.80. The lowest BCUT2D eigenvalue weighted by Crippen LogP contribution is -1.84. The lowest BCUT2D eigenvalue weighted by atomic mass is 10.2. The number of rotatable bonds is 2. The third-order valence-electron chi connectivity index (χ3n) is 1.72. The van der Waals surface area contributed by atoms with E-state index in [0.717, 1.165) is 0 Å². The minimum atomic E-state index is 0.335. The first-order valence-electron chi connectivity index (χ1n) is 3.55. The van der Waals surface area contributed by atoms with E-state index in [2.05, 4.69) is 13.2 Å². The van der Waals surface area contributed by atoms with Crippen LogP contribution < -0.4 is 0 Å². The maximum atomic E-state index is 9.00. The minimum absolute atomic E-state index is 0.335. The molecule has 11 heavy (non-hydrogen) atoms. The van der Waals surface area contributed by atoms with Gasteiger partial charge in [0.15, 0.2) is 0 Å². The Morgan fingerprint density at radius 2 is 1.82 bits per heavy atom. The zero-order valence-corrected chi connectivity index (χ0v) is 7.56. The number of hydrogen-bond acceptors (Lipinski definition) is 2. The monoisotopic (exact) mass is 168 g/mol. The van der Waals surface area contributed by atoms with Crippen molar-refractivity contribution >= 4 is 11.8 Å². The number of thioether (sulfide) groups is 1. The van der Waals surface area contributed by atoms with Gasteiger partial charge in [-0.1, -0.05) is 12.1 Å². The average molecular weight is 168 g/mol. The van der Waals surface area contributed by atoms with Gasteiger partial charge in [0.2, 0.25) is 0 Å². The molecule has 0 aliphatic carbocycles.